The van der Waals surface area contributed by atoms with Crippen molar-refractivity contribution in [1.82, 2.24) is 0 Å². The molecule has 1 heterocycles. The van der Waals surface area contributed by atoms with Crippen LogP contribution in [0.25, 0.3) is 21.9 Å². The number of allylic oxidation sites excluding steroid dienone is 2. The zero-order valence-electron chi connectivity index (χ0n) is 17.3. The Morgan fingerprint density at radius 2 is 1.75 bits per heavy atom. The van der Waals surface area contributed by atoms with Crippen LogP contribution in [0, 0.1) is 23.7 Å². The highest BCUT2D eigenvalue weighted by Crippen LogP contribution is 2.49. The van der Waals surface area contributed by atoms with Crippen molar-refractivity contribution in [2.45, 2.75) is 6.42 Å². The number of anilines is 1. The lowest BCUT2D eigenvalue weighted by atomic mass is 9.82. The number of carbonyl (C=O) groups is 3. The van der Waals surface area contributed by atoms with E-state index in [4.69, 9.17) is 4.74 Å². The average Bonchev–Trinajstić information content (AvgIpc) is 3.52. The van der Waals surface area contributed by atoms with Crippen LogP contribution in [-0.2, 0) is 14.3 Å². The maximum atomic E-state index is 13.1. The molecule has 32 heavy (non-hydrogen) atoms. The van der Waals surface area contributed by atoms with Gasteiger partial charge in [-0.2, -0.15) is 0 Å². The van der Waals surface area contributed by atoms with Crippen molar-refractivity contribution in [3.05, 3.63) is 65.6 Å². The van der Waals surface area contributed by atoms with E-state index in [-0.39, 0.29) is 23.3 Å². The second kappa shape index (κ2) is 7.91. The van der Waals surface area contributed by atoms with E-state index < -0.39 is 23.8 Å². The van der Waals surface area contributed by atoms with Crippen LogP contribution in [0.2, 0.25) is 0 Å². The molecule has 1 aromatic heterocycles. The number of rotatable bonds is 5. The van der Waals surface area contributed by atoms with Gasteiger partial charge in [-0.3, -0.25) is 9.59 Å². The van der Waals surface area contributed by atoms with E-state index in [0.29, 0.717) is 17.0 Å². The van der Waals surface area contributed by atoms with Crippen LogP contribution >= 0.6 is 11.3 Å². The van der Waals surface area contributed by atoms with Gasteiger partial charge in [-0.25, -0.2) is 4.79 Å². The number of thiophene rings is 1. The molecule has 3 aromatic rings. The first-order valence-corrected chi connectivity index (χ1v) is 11.3. The predicted octanol–water partition coefficient (Wildman–Crippen LogP) is 4.82. The number of carbonyl (C=O) groups excluding carboxylic acids is 2. The summed E-state index contributed by atoms with van der Waals surface area (Å²) in [5, 5.41) is 16.8. The summed E-state index contributed by atoms with van der Waals surface area (Å²) in [7, 11) is 1.30. The van der Waals surface area contributed by atoms with Gasteiger partial charge < -0.3 is 15.2 Å². The fraction of sp³-hybridized carbons (Fsp3) is 0.240. The summed E-state index contributed by atoms with van der Waals surface area (Å²) in [6, 6.07) is 13.9. The summed E-state index contributed by atoms with van der Waals surface area (Å²) in [6.07, 6.45) is 4.51. The minimum Gasteiger partial charge on any atom is -0.481 e. The lowest BCUT2D eigenvalue weighted by Crippen LogP contribution is -2.36. The number of hydrogen-bond donors (Lipinski definition) is 2. The number of fused-ring (bicyclic) bond motifs is 3. The van der Waals surface area contributed by atoms with Gasteiger partial charge in [-0.1, -0.05) is 48.6 Å². The molecule has 2 aromatic carbocycles. The molecule has 4 atom stereocenters. The topological polar surface area (TPSA) is 92.7 Å². The minimum absolute atomic E-state index is 0.0948. The number of hydrogen-bond acceptors (Lipinski definition) is 5. The Hall–Kier alpha value is -3.45. The summed E-state index contributed by atoms with van der Waals surface area (Å²) >= 11 is 1.24. The second-order valence-electron chi connectivity index (χ2n) is 8.23. The highest BCUT2D eigenvalue weighted by Gasteiger charge is 2.51. The second-order valence-corrected chi connectivity index (χ2v) is 9.11. The Kier molecular flexibility index (Phi) is 5.06. The number of nitrogens with one attached hydrogen (secondary N) is 1. The number of methoxy groups -OCH3 is 1. The number of benzene rings is 2. The number of amides is 1. The molecule has 0 spiro atoms. The van der Waals surface area contributed by atoms with Gasteiger partial charge in [0.1, 0.15) is 10.6 Å². The van der Waals surface area contributed by atoms with E-state index in [1.807, 2.05) is 60.0 Å². The molecule has 2 aliphatic carbocycles. The SMILES string of the molecule is COC(=O)c1c(-c2ccc3ccccc3c2)csc1NC(=O)[C@@H]1[C@H](C(=O)O)[C@H]2C=C[C@H]1C2. The van der Waals surface area contributed by atoms with Gasteiger partial charge in [0.2, 0.25) is 5.91 Å². The third kappa shape index (κ3) is 3.29. The summed E-state index contributed by atoms with van der Waals surface area (Å²) in [4.78, 5) is 37.6. The molecule has 2 N–H and O–H groups in total. The first kappa shape index (κ1) is 20.5. The maximum absolute atomic E-state index is 13.1. The molecule has 2 aliphatic rings. The molecule has 2 bridgehead atoms. The maximum Gasteiger partial charge on any atom is 0.341 e. The average molecular weight is 448 g/mol. The number of ether oxygens (including phenoxy) is 1. The zero-order valence-corrected chi connectivity index (χ0v) is 18.1. The molecule has 1 amide bonds. The molecule has 0 saturated heterocycles. The van der Waals surface area contributed by atoms with Crippen molar-refractivity contribution in [3.8, 4) is 11.1 Å². The van der Waals surface area contributed by atoms with Gasteiger partial charge in [0.15, 0.2) is 0 Å². The van der Waals surface area contributed by atoms with E-state index in [1.165, 1.54) is 18.4 Å². The van der Waals surface area contributed by atoms with Crippen LogP contribution in [0.1, 0.15) is 16.8 Å². The summed E-state index contributed by atoms with van der Waals surface area (Å²) < 4.78 is 5.01. The number of esters is 1. The molecule has 1 saturated carbocycles. The third-order valence-electron chi connectivity index (χ3n) is 6.52. The van der Waals surface area contributed by atoms with Gasteiger partial charge in [0.25, 0.3) is 0 Å². The Labute approximate surface area is 188 Å². The van der Waals surface area contributed by atoms with Crippen molar-refractivity contribution in [2.75, 3.05) is 12.4 Å². The molecule has 0 radical (unpaired) electrons. The van der Waals surface area contributed by atoms with Gasteiger partial charge in [0.05, 0.1) is 18.9 Å². The smallest absolute Gasteiger partial charge is 0.341 e. The van der Waals surface area contributed by atoms with Crippen LogP contribution in [0.5, 0.6) is 0 Å². The standard InChI is InChI=1S/C25H21NO5S/c1-31-25(30)21-18(15-7-6-13-4-2-3-5-14(13)10-15)12-32-23(21)26-22(27)19-16-8-9-17(11-16)20(19)24(28)29/h2-10,12,16-17,19-20H,11H2,1H3,(H,26,27)(H,28,29)/t16-,17-,19-,20+/m0/s1. The Morgan fingerprint density at radius 3 is 2.47 bits per heavy atom. The molecule has 7 heteroatoms. The van der Waals surface area contributed by atoms with Gasteiger partial charge >= 0.3 is 11.9 Å². The van der Waals surface area contributed by atoms with E-state index >= 15 is 0 Å². The van der Waals surface area contributed by atoms with Crippen molar-refractivity contribution in [1.29, 1.82) is 0 Å². The van der Waals surface area contributed by atoms with Crippen LogP contribution in [0.3, 0.4) is 0 Å². The molecule has 1 fully saturated rings. The van der Waals surface area contributed by atoms with Crippen molar-refractivity contribution < 1.29 is 24.2 Å². The summed E-state index contributed by atoms with van der Waals surface area (Å²) in [5.41, 5.74) is 1.80. The molecular formula is C25H21NO5S. The quantitative estimate of drug-likeness (QED) is 0.432. The molecule has 0 aliphatic heterocycles. The van der Waals surface area contributed by atoms with Crippen molar-refractivity contribution in [3.63, 3.8) is 0 Å². The highest BCUT2D eigenvalue weighted by atomic mass is 32.1. The Balaban J connectivity index is 1.50. The van der Waals surface area contributed by atoms with Gasteiger partial charge in [-0.05, 0) is 40.7 Å². The van der Waals surface area contributed by atoms with Crippen molar-refractivity contribution >= 4 is 45.0 Å². The van der Waals surface area contributed by atoms with E-state index in [1.54, 1.807) is 0 Å². The molecule has 162 valence electrons. The molecule has 0 unspecified atom stereocenters. The van der Waals surface area contributed by atoms with Crippen LogP contribution in [0.4, 0.5) is 5.00 Å². The molecule has 5 rings (SSSR count). The van der Waals surface area contributed by atoms with Crippen molar-refractivity contribution in [2.24, 2.45) is 23.7 Å². The number of carboxylic acid groups (broad SMARTS) is 1. The molecular weight excluding hydrogens is 426 g/mol. The normalized spacial score (nSPS) is 23.4. The third-order valence-corrected chi connectivity index (χ3v) is 7.42. The van der Waals surface area contributed by atoms with E-state index in [9.17, 15) is 19.5 Å². The van der Waals surface area contributed by atoms with E-state index in [2.05, 4.69) is 5.32 Å². The Morgan fingerprint density at radius 1 is 1.03 bits per heavy atom. The molecule has 6 nitrogen and oxygen atoms in total. The van der Waals surface area contributed by atoms with Crippen LogP contribution in [0.15, 0.2) is 60.0 Å². The fourth-order valence-electron chi connectivity index (χ4n) is 5.04. The number of carboxylic acids is 1. The lowest BCUT2D eigenvalue weighted by Gasteiger charge is -2.23. The zero-order chi connectivity index (χ0) is 22.4. The lowest BCUT2D eigenvalue weighted by molar-refractivity contribution is -0.146. The van der Waals surface area contributed by atoms with Gasteiger partial charge in [0, 0.05) is 10.9 Å². The minimum atomic E-state index is -0.960. The summed E-state index contributed by atoms with van der Waals surface area (Å²) in [6.45, 7) is 0. The largest absolute Gasteiger partial charge is 0.481 e. The first-order valence-electron chi connectivity index (χ1n) is 10.4. The predicted molar refractivity (Wildman–Crippen MR) is 123 cm³/mol. The van der Waals surface area contributed by atoms with Gasteiger partial charge in [-0.15, -0.1) is 11.3 Å². The summed E-state index contributed by atoms with van der Waals surface area (Å²) in [5.74, 6) is -3.49. The number of aliphatic carboxylic acids is 1. The fourth-order valence-corrected chi connectivity index (χ4v) is 6.00. The van der Waals surface area contributed by atoms with Crippen LogP contribution in [-0.4, -0.2) is 30.1 Å². The van der Waals surface area contributed by atoms with E-state index in [0.717, 1.165) is 16.3 Å². The van der Waals surface area contributed by atoms with Crippen LogP contribution < -0.4 is 5.32 Å². The highest BCUT2D eigenvalue weighted by molar-refractivity contribution is 7.15. The monoisotopic (exact) mass is 447 g/mol. The first-order chi connectivity index (χ1) is 15.5. The Bertz CT molecular complexity index is 1280.